The molecule has 68 valence electrons. The predicted octanol–water partition coefficient (Wildman–Crippen LogP) is 0.449. The average Bonchev–Trinajstić information content (AvgIpc) is 1.81. The van der Waals surface area contributed by atoms with Crippen molar-refractivity contribution in [3.05, 3.63) is 0 Å². The standard InChI is InChI=1S/C6H7F2NO3/c7-6(8)1-5(2-6,3-10)12-4(9)11/h3H,1-2H2,(H2,9,11). The summed E-state index contributed by atoms with van der Waals surface area (Å²) < 4.78 is 28.8. The molecular formula is C6H7F2NO3. The Bertz CT molecular complexity index is 221. The van der Waals surface area contributed by atoms with E-state index in [1.165, 1.54) is 0 Å². The SMILES string of the molecule is NC(=O)OC1(C=O)CC(F)(F)C1. The lowest BCUT2D eigenvalue weighted by Gasteiger charge is -2.41. The number of halogens is 2. The smallest absolute Gasteiger partial charge is 0.405 e. The van der Waals surface area contributed by atoms with Gasteiger partial charge in [-0.25, -0.2) is 13.6 Å². The van der Waals surface area contributed by atoms with Gasteiger partial charge in [0.2, 0.25) is 0 Å². The molecule has 1 fully saturated rings. The number of ether oxygens (including phenoxy) is 1. The first-order valence-electron chi connectivity index (χ1n) is 3.22. The molecule has 0 aromatic carbocycles. The van der Waals surface area contributed by atoms with Crippen LogP contribution in [0, 0.1) is 0 Å². The van der Waals surface area contributed by atoms with E-state index in [2.05, 4.69) is 10.5 Å². The second-order valence-electron chi connectivity index (χ2n) is 2.81. The number of rotatable bonds is 2. The Balaban J connectivity index is 2.59. The summed E-state index contributed by atoms with van der Waals surface area (Å²) >= 11 is 0. The van der Waals surface area contributed by atoms with Crippen molar-refractivity contribution in [2.24, 2.45) is 5.73 Å². The molecule has 0 unspecified atom stereocenters. The lowest BCUT2D eigenvalue weighted by Crippen LogP contribution is -2.56. The van der Waals surface area contributed by atoms with Crippen LogP contribution in [0.2, 0.25) is 0 Å². The van der Waals surface area contributed by atoms with Gasteiger partial charge in [-0.1, -0.05) is 0 Å². The van der Waals surface area contributed by atoms with Crippen molar-refractivity contribution in [3.8, 4) is 0 Å². The summed E-state index contributed by atoms with van der Waals surface area (Å²) in [6, 6.07) is 0. The molecule has 12 heavy (non-hydrogen) atoms. The van der Waals surface area contributed by atoms with Gasteiger partial charge in [0.1, 0.15) is 0 Å². The number of carbonyl (C=O) groups is 2. The molecule has 6 heteroatoms. The third kappa shape index (κ3) is 1.51. The second-order valence-corrected chi connectivity index (χ2v) is 2.81. The van der Waals surface area contributed by atoms with Gasteiger partial charge in [-0.3, -0.25) is 4.79 Å². The van der Waals surface area contributed by atoms with Crippen LogP contribution >= 0.6 is 0 Å². The van der Waals surface area contributed by atoms with E-state index in [-0.39, 0.29) is 6.29 Å². The molecule has 1 amide bonds. The largest absolute Gasteiger partial charge is 0.435 e. The zero-order valence-electron chi connectivity index (χ0n) is 6.05. The number of alkyl halides is 2. The first-order valence-corrected chi connectivity index (χ1v) is 3.22. The molecule has 0 heterocycles. The minimum absolute atomic E-state index is 0.190. The maximum absolute atomic E-state index is 12.3. The molecule has 1 rings (SSSR count). The van der Waals surface area contributed by atoms with E-state index in [9.17, 15) is 18.4 Å². The normalized spacial score (nSPS) is 23.8. The van der Waals surface area contributed by atoms with E-state index in [0.717, 1.165) is 0 Å². The van der Waals surface area contributed by atoms with Crippen molar-refractivity contribution in [2.75, 3.05) is 0 Å². The molecule has 0 aromatic rings. The number of carbonyl (C=O) groups excluding carboxylic acids is 2. The molecule has 1 saturated carbocycles. The van der Waals surface area contributed by atoms with Crippen LogP contribution in [0.5, 0.6) is 0 Å². The van der Waals surface area contributed by atoms with Crippen molar-refractivity contribution >= 4 is 12.4 Å². The predicted molar refractivity (Wildman–Crippen MR) is 33.6 cm³/mol. The lowest BCUT2D eigenvalue weighted by atomic mass is 9.77. The molecular weight excluding hydrogens is 172 g/mol. The summed E-state index contributed by atoms with van der Waals surface area (Å²) in [6.07, 6.45) is -2.56. The van der Waals surface area contributed by atoms with Gasteiger partial charge in [-0.15, -0.1) is 0 Å². The van der Waals surface area contributed by atoms with Crippen LogP contribution in [0.15, 0.2) is 0 Å². The topological polar surface area (TPSA) is 69.4 Å². The van der Waals surface area contributed by atoms with Crippen LogP contribution in [0.1, 0.15) is 12.8 Å². The highest BCUT2D eigenvalue weighted by molar-refractivity contribution is 5.73. The Morgan fingerprint density at radius 3 is 2.25 bits per heavy atom. The monoisotopic (exact) mass is 179 g/mol. The minimum atomic E-state index is -2.92. The summed E-state index contributed by atoms with van der Waals surface area (Å²) in [5.41, 5.74) is 2.90. The molecule has 0 saturated heterocycles. The number of amides is 1. The molecule has 0 aromatic heterocycles. The molecule has 4 nitrogen and oxygen atoms in total. The fraction of sp³-hybridized carbons (Fsp3) is 0.667. The minimum Gasteiger partial charge on any atom is -0.435 e. The zero-order chi connectivity index (χ0) is 9.41. The van der Waals surface area contributed by atoms with E-state index in [1.54, 1.807) is 0 Å². The van der Waals surface area contributed by atoms with Crippen LogP contribution in [0.25, 0.3) is 0 Å². The molecule has 0 spiro atoms. The summed E-state index contributed by atoms with van der Waals surface area (Å²) in [4.78, 5) is 20.4. The van der Waals surface area contributed by atoms with Crippen LogP contribution in [-0.2, 0) is 9.53 Å². The molecule has 0 radical (unpaired) electrons. The molecule has 1 aliphatic carbocycles. The van der Waals surface area contributed by atoms with Crippen molar-refractivity contribution < 1.29 is 23.1 Å². The summed E-state index contributed by atoms with van der Waals surface area (Å²) in [5, 5.41) is 0. The van der Waals surface area contributed by atoms with Gasteiger partial charge < -0.3 is 10.5 Å². The Morgan fingerprint density at radius 2 is 2.00 bits per heavy atom. The summed E-state index contributed by atoms with van der Waals surface area (Å²) in [7, 11) is 0. The lowest BCUT2D eigenvalue weighted by molar-refractivity contribution is -0.196. The van der Waals surface area contributed by atoms with E-state index in [0.29, 0.717) is 0 Å². The molecule has 0 bridgehead atoms. The zero-order valence-corrected chi connectivity index (χ0v) is 6.05. The maximum atomic E-state index is 12.3. The Kier molecular flexibility index (Phi) is 1.78. The summed E-state index contributed by atoms with van der Waals surface area (Å²) in [5.74, 6) is -2.92. The number of aldehydes is 1. The van der Waals surface area contributed by atoms with Crippen molar-refractivity contribution in [2.45, 2.75) is 24.4 Å². The van der Waals surface area contributed by atoms with Crippen LogP contribution in [-0.4, -0.2) is 23.9 Å². The van der Waals surface area contributed by atoms with Crippen molar-refractivity contribution in [3.63, 3.8) is 0 Å². The van der Waals surface area contributed by atoms with Gasteiger partial charge in [-0.2, -0.15) is 0 Å². The fourth-order valence-corrected chi connectivity index (χ4v) is 1.20. The molecule has 1 aliphatic rings. The van der Waals surface area contributed by atoms with Gasteiger partial charge in [0.25, 0.3) is 5.92 Å². The fourth-order valence-electron chi connectivity index (χ4n) is 1.20. The van der Waals surface area contributed by atoms with Gasteiger partial charge in [0.15, 0.2) is 11.9 Å². The molecule has 0 atom stereocenters. The van der Waals surface area contributed by atoms with Crippen LogP contribution in [0.3, 0.4) is 0 Å². The van der Waals surface area contributed by atoms with Crippen LogP contribution in [0.4, 0.5) is 13.6 Å². The quantitative estimate of drug-likeness (QED) is 0.625. The average molecular weight is 179 g/mol. The number of nitrogens with two attached hydrogens (primary N) is 1. The second kappa shape index (κ2) is 2.40. The Morgan fingerprint density at radius 1 is 1.50 bits per heavy atom. The molecule has 2 N–H and O–H groups in total. The third-order valence-electron chi connectivity index (χ3n) is 1.63. The van der Waals surface area contributed by atoms with Gasteiger partial charge in [0, 0.05) is 0 Å². The van der Waals surface area contributed by atoms with Crippen molar-refractivity contribution in [1.82, 2.24) is 0 Å². The van der Waals surface area contributed by atoms with E-state index < -0.39 is 30.5 Å². The highest BCUT2D eigenvalue weighted by Crippen LogP contribution is 2.46. The number of hydrogen-bond acceptors (Lipinski definition) is 3. The van der Waals surface area contributed by atoms with Crippen molar-refractivity contribution in [1.29, 1.82) is 0 Å². The van der Waals surface area contributed by atoms with Gasteiger partial charge in [0.05, 0.1) is 12.8 Å². The van der Waals surface area contributed by atoms with E-state index >= 15 is 0 Å². The molecule has 0 aliphatic heterocycles. The highest BCUT2D eigenvalue weighted by atomic mass is 19.3. The van der Waals surface area contributed by atoms with Gasteiger partial charge >= 0.3 is 6.09 Å². The number of hydrogen-bond donors (Lipinski definition) is 1. The Labute approximate surface area is 66.7 Å². The van der Waals surface area contributed by atoms with Crippen LogP contribution < -0.4 is 5.73 Å². The highest BCUT2D eigenvalue weighted by Gasteiger charge is 2.59. The third-order valence-corrected chi connectivity index (χ3v) is 1.63. The van der Waals surface area contributed by atoms with Gasteiger partial charge in [-0.05, 0) is 0 Å². The van der Waals surface area contributed by atoms with E-state index in [4.69, 9.17) is 0 Å². The van der Waals surface area contributed by atoms with E-state index in [1.807, 2.05) is 0 Å². The first kappa shape index (κ1) is 8.89. The maximum Gasteiger partial charge on any atom is 0.405 e. The number of primary amides is 1. The summed E-state index contributed by atoms with van der Waals surface area (Å²) in [6.45, 7) is 0. The first-order chi connectivity index (χ1) is 5.39. The Hall–Kier alpha value is -1.20.